The Morgan fingerprint density at radius 2 is 2.12 bits per heavy atom. The van der Waals surface area contributed by atoms with Crippen LogP contribution < -0.4 is 5.32 Å². The number of amides is 1. The Labute approximate surface area is 95.1 Å². The Hall–Kier alpha value is -1.82. The number of nitrogens with one attached hydrogen (secondary N) is 1. The summed E-state index contributed by atoms with van der Waals surface area (Å²) in [6, 6.07) is 11.9. The monoisotopic (exact) mass is 214 g/mol. The molecular formula is C13H14N2O. The maximum atomic E-state index is 11.8. The zero-order valence-corrected chi connectivity index (χ0v) is 9.07. The van der Waals surface area contributed by atoms with Crippen molar-refractivity contribution in [3.63, 3.8) is 0 Å². The van der Waals surface area contributed by atoms with Crippen LogP contribution in [0.15, 0.2) is 30.3 Å². The molecule has 1 amide bonds. The van der Waals surface area contributed by atoms with E-state index in [4.69, 9.17) is 0 Å². The van der Waals surface area contributed by atoms with Gasteiger partial charge in [0.2, 0.25) is 5.91 Å². The number of nitrogens with zero attached hydrogens (tertiary/aromatic N) is 1. The van der Waals surface area contributed by atoms with Gasteiger partial charge in [-0.05, 0) is 24.8 Å². The first-order valence-electron chi connectivity index (χ1n) is 5.50. The predicted molar refractivity (Wildman–Crippen MR) is 60.4 cm³/mol. The quantitative estimate of drug-likeness (QED) is 0.813. The fraction of sp³-hybridized carbons (Fsp3) is 0.385. The van der Waals surface area contributed by atoms with Crippen molar-refractivity contribution in [1.82, 2.24) is 5.32 Å². The van der Waals surface area contributed by atoms with E-state index in [1.54, 1.807) is 0 Å². The van der Waals surface area contributed by atoms with E-state index in [1.807, 2.05) is 30.3 Å². The Bertz CT molecular complexity index is 421. The average Bonchev–Trinajstić information content (AvgIpc) is 2.34. The molecule has 3 nitrogen and oxygen atoms in total. The molecule has 1 aliphatic rings. The molecule has 1 atom stereocenters. The lowest BCUT2D eigenvalue weighted by Crippen LogP contribution is -2.46. The van der Waals surface area contributed by atoms with Gasteiger partial charge < -0.3 is 5.32 Å². The van der Waals surface area contributed by atoms with Crippen molar-refractivity contribution in [2.45, 2.75) is 19.3 Å². The van der Waals surface area contributed by atoms with Crippen LogP contribution in [0.3, 0.4) is 0 Å². The summed E-state index contributed by atoms with van der Waals surface area (Å²) in [5.41, 5.74) is 0.181. The summed E-state index contributed by atoms with van der Waals surface area (Å²) < 4.78 is 0. The van der Waals surface area contributed by atoms with Gasteiger partial charge in [0.05, 0.1) is 6.07 Å². The van der Waals surface area contributed by atoms with Crippen molar-refractivity contribution in [3.8, 4) is 6.07 Å². The second-order valence-corrected chi connectivity index (χ2v) is 4.22. The number of rotatable bonds is 2. The first-order valence-corrected chi connectivity index (χ1v) is 5.50. The number of nitriles is 1. The molecule has 1 N–H and O–H groups in total. The summed E-state index contributed by atoms with van der Waals surface area (Å²) >= 11 is 0. The van der Waals surface area contributed by atoms with Crippen molar-refractivity contribution in [2.24, 2.45) is 5.41 Å². The van der Waals surface area contributed by atoms with E-state index in [0.717, 1.165) is 12.0 Å². The zero-order valence-electron chi connectivity index (χ0n) is 9.07. The highest BCUT2D eigenvalue weighted by Crippen LogP contribution is 2.30. The van der Waals surface area contributed by atoms with Crippen LogP contribution in [0.4, 0.5) is 0 Å². The van der Waals surface area contributed by atoms with Crippen LogP contribution in [-0.4, -0.2) is 12.5 Å². The highest BCUT2D eigenvalue weighted by Gasteiger charge is 2.40. The van der Waals surface area contributed by atoms with E-state index in [2.05, 4.69) is 11.4 Å². The van der Waals surface area contributed by atoms with E-state index in [-0.39, 0.29) is 5.91 Å². The molecule has 0 saturated carbocycles. The van der Waals surface area contributed by atoms with Gasteiger partial charge in [0, 0.05) is 6.54 Å². The van der Waals surface area contributed by atoms with Crippen molar-refractivity contribution in [1.29, 1.82) is 5.26 Å². The molecule has 1 aliphatic heterocycles. The van der Waals surface area contributed by atoms with Gasteiger partial charge in [-0.25, -0.2) is 0 Å². The molecule has 0 aromatic heterocycles. The molecule has 0 aliphatic carbocycles. The fourth-order valence-corrected chi connectivity index (χ4v) is 2.13. The first kappa shape index (κ1) is 10.7. The molecule has 1 aromatic rings. The van der Waals surface area contributed by atoms with Crippen LogP contribution >= 0.6 is 0 Å². The van der Waals surface area contributed by atoms with Crippen LogP contribution in [0.2, 0.25) is 0 Å². The molecule has 3 heteroatoms. The lowest BCUT2D eigenvalue weighted by molar-refractivity contribution is -0.130. The van der Waals surface area contributed by atoms with E-state index >= 15 is 0 Å². The Kier molecular flexibility index (Phi) is 2.91. The van der Waals surface area contributed by atoms with E-state index < -0.39 is 5.41 Å². The van der Waals surface area contributed by atoms with Gasteiger partial charge in [-0.2, -0.15) is 5.26 Å². The number of carbonyl (C=O) groups is 1. The van der Waals surface area contributed by atoms with Crippen LogP contribution in [0.1, 0.15) is 18.4 Å². The second kappa shape index (κ2) is 4.36. The molecule has 16 heavy (non-hydrogen) atoms. The number of piperidine rings is 1. The molecule has 1 saturated heterocycles. The van der Waals surface area contributed by atoms with Crippen LogP contribution in [-0.2, 0) is 11.2 Å². The number of hydrogen-bond donors (Lipinski definition) is 1. The van der Waals surface area contributed by atoms with Gasteiger partial charge in [-0.15, -0.1) is 0 Å². The molecule has 0 radical (unpaired) electrons. The summed E-state index contributed by atoms with van der Waals surface area (Å²) in [5.74, 6) is -0.120. The third-order valence-electron chi connectivity index (χ3n) is 3.06. The number of carbonyl (C=O) groups excluding carboxylic acids is 1. The van der Waals surface area contributed by atoms with Gasteiger partial charge >= 0.3 is 0 Å². The van der Waals surface area contributed by atoms with Crippen LogP contribution in [0.5, 0.6) is 0 Å². The Balaban J connectivity index is 2.23. The summed E-state index contributed by atoms with van der Waals surface area (Å²) in [6.07, 6.45) is 2.05. The summed E-state index contributed by atoms with van der Waals surface area (Å²) in [4.78, 5) is 11.8. The van der Waals surface area contributed by atoms with Crippen molar-refractivity contribution in [3.05, 3.63) is 35.9 Å². The minimum absolute atomic E-state index is 0.120. The largest absolute Gasteiger partial charge is 0.355 e. The smallest absolute Gasteiger partial charge is 0.240 e. The molecule has 1 heterocycles. The minimum Gasteiger partial charge on any atom is -0.355 e. The first-order chi connectivity index (χ1) is 7.77. The van der Waals surface area contributed by atoms with E-state index in [0.29, 0.717) is 19.4 Å². The summed E-state index contributed by atoms with van der Waals surface area (Å²) in [7, 11) is 0. The van der Waals surface area contributed by atoms with Crippen molar-refractivity contribution in [2.75, 3.05) is 6.54 Å². The van der Waals surface area contributed by atoms with Crippen LogP contribution in [0.25, 0.3) is 0 Å². The molecular weight excluding hydrogens is 200 g/mol. The van der Waals surface area contributed by atoms with E-state index in [9.17, 15) is 10.1 Å². The van der Waals surface area contributed by atoms with Gasteiger partial charge in [-0.1, -0.05) is 30.3 Å². The van der Waals surface area contributed by atoms with Crippen molar-refractivity contribution < 1.29 is 4.79 Å². The normalized spacial score (nSPS) is 24.6. The average molecular weight is 214 g/mol. The molecule has 0 bridgehead atoms. The number of benzene rings is 1. The summed E-state index contributed by atoms with van der Waals surface area (Å²) in [6.45, 7) is 0.692. The third-order valence-corrected chi connectivity index (χ3v) is 3.06. The highest BCUT2D eigenvalue weighted by molar-refractivity contribution is 5.86. The maximum Gasteiger partial charge on any atom is 0.240 e. The lowest BCUT2D eigenvalue weighted by Gasteiger charge is -2.29. The fourth-order valence-electron chi connectivity index (χ4n) is 2.13. The molecule has 1 fully saturated rings. The van der Waals surface area contributed by atoms with Crippen LogP contribution in [0, 0.1) is 16.7 Å². The predicted octanol–water partition coefficient (Wildman–Crippen LogP) is 1.65. The molecule has 2 rings (SSSR count). The second-order valence-electron chi connectivity index (χ2n) is 4.22. The number of hydrogen-bond acceptors (Lipinski definition) is 2. The topological polar surface area (TPSA) is 52.9 Å². The molecule has 1 unspecified atom stereocenters. The standard InChI is InChI=1S/C13H14N2O/c14-10-13(7-4-8-15-12(13)16)9-11-5-2-1-3-6-11/h1-3,5-6H,4,7-9H2,(H,15,16). The van der Waals surface area contributed by atoms with Gasteiger partial charge in [-0.3, -0.25) is 4.79 Å². The zero-order chi connectivity index (χ0) is 11.4. The summed E-state index contributed by atoms with van der Waals surface area (Å²) in [5, 5.41) is 12.0. The Morgan fingerprint density at radius 3 is 2.75 bits per heavy atom. The van der Waals surface area contributed by atoms with Gasteiger partial charge in [0.25, 0.3) is 0 Å². The Morgan fingerprint density at radius 1 is 1.38 bits per heavy atom. The molecule has 0 spiro atoms. The minimum atomic E-state index is -0.862. The van der Waals surface area contributed by atoms with Gasteiger partial charge in [0.1, 0.15) is 5.41 Å². The molecule has 82 valence electrons. The molecule has 1 aromatic carbocycles. The third kappa shape index (κ3) is 1.92. The maximum absolute atomic E-state index is 11.8. The van der Waals surface area contributed by atoms with Gasteiger partial charge in [0.15, 0.2) is 0 Å². The highest BCUT2D eigenvalue weighted by atomic mass is 16.2. The van der Waals surface area contributed by atoms with E-state index in [1.165, 1.54) is 0 Å². The lowest BCUT2D eigenvalue weighted by atomic mass is 9.76. The SMILES string of the molecule is N#CC1(Cc2ccccc2)CCCNC1=O. The van der Waals surface area contributed by atoms with Crippen molar-refractivity contribution >= 4 is 5.91 Å².